The zero-order valence-corrected chi connectivity index (χ0v) is 14.0. The van der Waals surface area contributed by atoms with Crippen LogP contribution < -0.4 is 0 Å². The minimum absolute atomic E-state index is 0.0373. The lowest BCUT2D eigenvalue weighted by atomic mass is 10.0. The Morgan fingerprint density at radius 2 is 1.72 bits per heavy atom. The minimum Gasteiger partial charge on any atom is -0.395 e. The molecular weight excluding hydrogens is 355 g/mol. The number of carbonyl (C=O) groups excluding carboxylic acids is 1. The van der Waals surface area contributed by atoms with E-state index >= 15 is 0 Å². The van der Waals surface area contributed by atoms with Gasteiger partial charge in [-0.1, -0.05) is 41.9 Å². The Morgan fingerprint density at radius 3 is 2.32 bits per heavy atom. The number of benzene rings is 2. The molecule has 1 N–H and O–H groups in total. The Kier molecular flexibility index (Phi) is 6.45. The third-order valence-electron chi connectivity index (χ3n) is 3.67. The monoisotopic (exact) mass is 371 g/mol. The molecule has 25 heavy (non-hydrogen) atoms. The summed E-state index contributed by atoms with van der Waals surface area (Å²) in [6, 6.07) is 11.8. The van der Waals surface area contributed by atoms with Gasteiger partial charge in [-0.15, -0.1) is 0 Å². The fourth-order valence-electron chi connectivity index (χ4n) is 2.45. The number of hydrogen-bond donors (Lipinski definition) is 1. The van der Waals surface area contributed by atoms with E-state index in [1.54, 1.807) is 24.3 Å². The van der Waals surface area contributed by atoms with E-state index in [1.807, 2.05) is 0 Å². The number of carbonyl (C=O) groups is 1. The van der Waals surface area contributed by atoms with Gasteiger partial charge in [-0.25, -0.2) is 0 Å². The van der Waals surface area contributed by atoms with E-state index in [1.165, 1.54) is 23.1 Å². The lowest BCUT2D eigenvalue weighted by Gasteiger charge is -2.23. The maximum atomic E-state index is 13.1. The van der Waals surface area contributed by atoms with Crippen molar-refractivity contribution < 1.29 is 23.1 Å². The molecule has 0 unspecified atom stereocenters. The summed E-state index contributed by atoms with van der Waals surface area (Å²) in [5, 5.41) is 9.71. The fourth-order valence-corrected chi connectivity index (χ4v) is 2.57. The van der Waals surface area contributed by atoms with Gasteiger partial charge < -0.3 is 10.0 Å². The first-order valence-electron chi connectivity index (χ1n) is 7.59. The molecule has 2 aromatic rings. The second-order valence-electron chi connectivity index (χ2n) is 5.50. The van der Waals surface area contributed by atoms with E-state index in [4.69, 9.17) is 16.7 Å². The van der Waals surface area contributed by atoms with Crippen LogP contribution in [-0.2, 0) is 23.9 Å². The van der Waals surface area contributed by atoms with Crippen LogP contribution in [0, 0.1) is 0 Å². The van der Waals surface area contributed by atoms with Gasteiger partial charge in [-0.05, 0) is 29.3 Å². The highest BCUT2D eigenvalue weighted by atomic mass is 35.5. The molecule has 0 saturated heterocycles. The van der Waals surface area contributed by atoms with Crippen LogP contribution in [0.4, 0.5) is 13.2 Å². The van der Waals surface area contributed by atoms with Gasteiger partial charge in [0.1, 0.15) is 0 Å². The molecule has 0 aromatic heterocycles. The summed E-state index contributed by atoms with van der Waals surface area (Å²) in [7, 11) is 0. The molecule has 0 fully saturated rings. The zero-order valence-electron chi connectivity index (χ0n) is 13.3. The van der Waals surface area contributed by atoms with Gasteiger partial charge in [0.2, 0.25) is 5.91 Å². The quantitative estimate of drug-likeness (QED) is 0.836. The zero-order chi connectivity index (χ0) is 18.4. The largest absolute Gasteiger partial charge is 0.416 e. The number of aliphatic hydroxyl groups is 1. The van der Waals surface area contributed by atoms with E-state index < -0.39 is 17.6 Å². The topological polar surface area (TPSA) is 40.5 Å². The van der Waals surface area contributed by atoms with Crippen LogP contribution in [0.1, 0.15) is 16.7 Å². The summed E-state index contributed by atoms with van der Waals surface area (Å²) < 4.78 is 39.2. The summed E-state index contributed by atoms with van der Waals surface area (Å²) in [6.07, 6.45) is -4.90. The SMILES string of the molecule is O=C(Cc1ccccc1C(F)(F)F)N(CCO)Cc1ccc(Cl)cc1. The standard InChI is InChI=1S/C18H17ClF3NO2/c19-15-7-5-13(6-8-15)12-23(9-10-24)17(25)11-14-3-1-2-4-16(14)18(20,21)22/h1-8,24H,9-12H2. The molecule has 2 rings (SSSR count). The molecule has 134 valence electrons. The average molecular weight is 372 g/mol. The molecule has 0 aliphatic heterocycles. The van der Waals surface area contributed by atoms with Crippen LogP contribution >= 0.6 is 11.6 Å². The summed E-state index contributed by atoms with van der Waals surface area (Å²) in [6.45, 7) is -0.0549. The average Bonchev–Trinajstić information content (AvgIpc) is 2.56. The van der Waals surface area contributed by atoms with Crippen molar-refractivity contribution in [3.8, 4) is 0 Å². The predicted molar refractivity (Wildman–Crippen MR) is 89.1 cm³/mol. The lowest BCUT2D eigenvalue weighted by molar-refractivity contribution is -0.138. The normalized spacial score (nSPS) is 11.4. The summed E-state index contributed by atoms with van der Waals surface area (Å²) in [4.78, 5) is 13.8. The number of amides is 1. The number of nitrogens with zero attached hydrogens (tertiary/aromatic N) is 1. The van der Waals surface area contributed by atoms with Crippen LogP contribution in [0.2, 0.25) is 5.02 Å². The molecule has 0 atom stereocenters. The second-order valence-corrected chi connectivity index (χ2v) is 5.93. The Bertz CT molecular complexity index is 717. The van der Waals surface area contributed by atoms with Crippen LogP contribution in [0.3, 0.4) is 0 Å². The van der Waals surface area contributed by atoms with Crippen molar-refractivity contribution in [1.82, 2.24) is 4.90 Å². The summed E-state index contributed by atoms with van der Waals surface area (Å²) >= 11 is 5.81. The molecule has 0 saturated carbocycles. The van der Waals surface area contributed by atoms with Gasteiger partial charge >= 0.3 is 6.18 Å². The van der Waals surface area contributed by atoms with Crippen molar-refractivity contribution in [1.29, 1.82) is 0 Å². The smallest absolute Gasteiger partial charge is 0.395 e. The van der Waals surface area contributed by atoms with Gasteiger partial charge in [0.15, 0.2) is 0 Å². The third kappa shape index (κ3) is 5.47. The van der Waals surface area contributed by atoms with Crippen LogP contribution in [0.15, 0.2) is 48.5 Å². The first-order chi connectivity index (χ1) is 11.8. The van der Waals surface area contributed by atoms with E-state index in [0.29, 0.717) is 5.02 Å². The molecule has 0 radical (unpaired) electrons. The maximum absolute atomic E-state index is 13.1. The van der Waals surface area contributed by atoms with Crippen LogP contribution in [0.25, 0.3) is 0 Å². The molecule has 7 heteroatoms. The molecule has 1 amide bonds. The summed E-state index contributed by atoms with van der Waals surface area (Å²) in [5.74, 6) is -0.485. The van der Waals surface area contributed by atoms with E-state index in [9.17, 15) is 18.0 Å². The van der Waals surface area contributed by atoms with Crippen molar-refractivity contribution in [2.45, 2.75) is 19.1 Å². The van der Waals surface area contributed by atoms with E-state index in [2.05, 4.69) is 0 Å². The highest BCUT2D eigenvalue weighted by molar-refractivity contribution is 6.30. The van der Waals surface area contributed by atoms with Gasteiger partial charge in [-0.3, -0.25) is 4.79 Å². The first kappa shape index (κ1) is 19.3. The van der Waals surface area contributed by atoms with E-state index in [0.717, 1.165) is 11.6 Å². The van der Waals surface area contributed by atoms with Gasteiger partial charge in [0.25, 0.3) is 0 Å². The Balaban J connectivity index is 2.17. The molecule has 0 bridgehead atoms. The number of rotatable bonds is 6. The summed E-state index contributed by atoms with van der Waals surface area (Å²) in [5.41, 5.74) is -0.131. The fraction of sp³-hybridized carbons (Fsp3) is 0.278. The third-order valence-corrected chi connectivity index (χ3v) is 3.93. The van der Waals surface area contributed by atoms with Crippen molar-refractivity contribution in [2.75, 3.05) is 13.2 Å². The van der Waals surface area contributed by atoms with Crippen molar-refractivity contribution >= 4 is 17.5 Å². The second kappa shape index (κ2) is 8.36. The van der Waals surface area contributed by atoms with Crippen molar-refractivity contribution in [2.24, 2.45) is 0 Å². The first-order valence-corrected chi connectivity index (χ1v) is 7.97. The Labute approximate surface area is 148 Å². The number of aliphatic hydroxyl groups excluding tert-OH is 1. The maximum Gasteiger partial charge on any atom is 0.416 e. The molecular formula is C18H17ClF3NO2. The minimum atomic E-state index is -4.52. The van der Waals surface area contributed by atoms with Gasteiger partial charge in [0, 0.05) is 18.1 Å². The highest BCUT2D eigenvalue weighted by Crippen LogP contribution is 2.32. The van der Waals surface area contributed by atoms with Crippen LogP contribution in [0.5, 0.6) is 0 Å². The number of halogens is 4. The molecule has 0 spiro atoms. The number of hydrogen-bond acceptors (Lipinski definition) is 2. The Morgan fingerprint density at radius 1 is 1.08 bits per heavy atom. The Hall–Kier alpha value is -2.05. The molecule has 0 heterocycles. The van der Waals surface area contributed by atoms with E-state index in [-0.39, 0.29) is 31.7 Å². The van der Waals surface area contributed by atoms with Gasteiger partial charge in [-0.2, -0.15) is 13.2 Å². The highest BCUT2D eigenvalue weighted by Gasteiger charge is 2.33. The molecule has 2 aromatic carbocycles. The predicted octanol–water partition coefficient (Wildman–Crippen LogP) is 3.92. The lowest BCUT2D eigenvalue weighted by Crippen LogP contribution is -2.34. The number of alkyl halides is 3. The molecule has 0 aliphatic rings. The van der Waals surface area contributed by atoms with Crippen LogP contribution in [-0.4, -0.2) is 29.1 Å². The molecule has 0 aliphatic carbocycles. The van der Waals surface area contributed by atoms with Gasteiger partial charge in [0.05, 0.1) is 18.6 Å². The molecule has 3 nitrogen and oxygen atoms in total. The van der Waals surface area contributed by atoms with Crippen molar-refractivity contribution in [3.63, 3.8) is 0 Å². The van der Waals surface area contributed by atoms with Crippen molar-refractivity contribution in [3.05, 3.63) is 70.2 Å².